The molecule has 6 heteroatoms. The minimum atomic E-state index is -0.239. The van der Waals surface area contributed by atoms with Gasteiger partial charge in [0.25, 0.3) is 0 Å². The van der Waals surface area contributed by atoms with Crippen molar-refractivity contribution in [3.05, 3.63) is 18.2 Å². The lowest BCUT2D eigenvalue weighted by atomic mass is 10.0. The Kier molecular flexibility index (Phi) is 9.43. The highest BCUT2D eigenvalue weighted by Gasteiger charge is 2.08. The van der Waals surface area contributed by atoms with Crippen LogP contribution < -0.4 is 20.7 Å². The predicted molar refractivity (Wildman–Crippen MR) is 102 cm³/mol. The third-order valence-corrected chi connectivity index (χ3v) is 3.76. The van der Waals surface area contributed by atoms with Gasteiger partial charge in [-0.15, -0.1) is 0 Å². The van der Waals surface area contributed by atoms with Gasteiger partial charge in [0.1, 0.15) is 5.75 Å². The minimum Gasteiger partial charge on any atom is -0.494 e. The van der Waals surface area contributed by atoms with Crippen LogP contribution >= 0.6 is 0 Å². The van der Waals surface area contributed by atoms with E-state index in [0.717, 1.165) is 18.8 Å². The maximum atomic E-state index is 11.9. The third-order valence-electron chi connectivity index (χ3n) is 3.76. The van der Waals surface area contributed by atoms with Gasteiger partial charge < -0.3 is 20.7 Å². The van der Waals surface area contributed by atoms with E-state index in [1.807, 2.05) is 0 Å². The van der Waals surface area contributed by atoms with E-state index < -0.39 is 0 Å². The zero-order valence-corrected chi connectivity index (χ0v) is 15.8. The summed E-state index contributed by atoms with van der Waals surface area (Å²) < 4.78 is 5.23. The number of hydrogen-bond donors (Lipinski definition) is 3. The molecule has 3 amide bonds. The van der Waals surface area contributed by atoms with Gasteiger partial charge in [0.05, 0.1) is 12.8 Å². The summed E-state index contributed by atoms with van der Waals surface area (Å²) in [6.45, 7) is 6.57. The Morgan fingerprint density at radius 1 is 1.08 bits per heavy atom. The normalized spacial score (nSPS) is 10.4. The van der Waals surface area contributed by atoms with Gasteiger partial charge in [-0.2, -0.15) is 0 Å². The number of urea groups is 1. The number of carbonyl (C=O) groups excluding carboxylic acids is 2. The number of amides is 3. The highest BCUT2D eigenvalue weighted by Crippen LogP contribution is 2.27. The first-order valence-corrected chi connectivity index (χ1v) is 8.93. The van der Waals surface area contributed by atoms with Crippen molar-refractivity contribution in [3.8, 4) is 5.75 Å². The second-order valence-corrected chi connectivity index (χ2v) is 6.57. The molecule has 0 atom stereocenters. The summed E-state index contributed by atoms with van der Waals surface area (Å²) >= 11 is 0. The molecule has 1 rings (SSSR count). The summed E-state index contributed by atoms with van der Waals surface area (Å²) in [6.07, 6.45) is 5.85. The quantitative estimate of drug-likeness (QED) is 0.548. The molecular weight excluding hydrogens is 318 g/mol. The topological polar surface area (TPSA) is 79.5 Å². The molecule has 25 heavy (non-hydrogen) atoms. The van der Waals surface area contributed by atoms with E-state index in [-0.39, 0.29) is 11.9 Å². The van der Waals surface area contributed by atoms with Gasteiger partial charge in [-0.3, -0.25) is 4.79 Å². The molecule has 0 saturated carbocycles. The number of hydrogen-bond acceptors (Lipinski definition) is 3. The molecular formula is C19H31N3O3. The number of unbranched alkanes of at least 4 members (excludes halogenated alkanes) is 3. The highest BCUT2D eigenvalue weighted by atomic mass is 16.5. The monoisotopic (exact) mass is 349 g/mol. The molecule has 0 unspecified atom stereocenters. The van der Waals surface area contributed by atoms with Gasteiger partial charge in [0.2, 0.25) is 5.91 Å². The number of anilines is 2. The van der Waals surface area contributed by atoms with Gasteiger partial charge >= 0.3 is 6.03 Å². The molecule has 0 aliphatic heterocycles. The van der Waals surface area contributed by atoms with Gasteiger partial charge in [-0.1, -0.05) is 39.5 Å². The average Bonchev–Trinajstić information content (AvgIpc) is 2.54. The van der Waals surface area contributed by atoms with E-state index in [4.69, 9.17) is 4.74 Å². The van der Waals surface area contributed by atoms with Crippen LogP contribution in [0.15, 0.2) is 18.2 Å². The number of rotatable bonds is 10. The Labute approximate surface area is 150 Å². The van der Waals surface area contributed by atoms with Crippen LogP contribution in [0.3, 0.4) is 0 Å². The fourth-order valence-corrected chi connectivity index (χ4v) is 2.47. The number of carbonyl (C=O) groups is 2. The number of ether oxygens (including phenoxy) is 1. The maximum Gasteiger partial charge on any atom is 0.319 e. The van der Waals surface area contributed by atoms with Crippen LogP contribution in [0.2, 0.25) is 0 Å². The van der Waals surface area contributed by atoms with Crippen molar-refractivity contribution in [2.75, 3.05) is 24.3 Å². The number of methoxy groups -OCH3 is 1. The number of benzene rings is 1. The largest absolute Gasteiger partial charge is 0.494 e. The molecule has 0 fully saturated rings. The molecule has 0 radical (unpaired) electrons. The third kappa shape index (κ3) is 8.98. The SMILES string of the molecule is COc1cc(NC(=O)NCCCCCCC(C)C)ccc1NC(C)=O. The van der Waals surface area contributed by atoms with Crippen LogP contribution in [0.1, 0.15) is 52.9 Å². The molecule has 1 aromatic rings. The van der Waals surface area contributed by atoms with Crippen molar-refractivity contribution < 1.29 is 14.3 Å². The van der Waals surface area contributed by atoms with Crippen molar-refractivity contribution in [3.63, 3.8) is 0 Å². The Hall–Kier alpha value is -2.24. The van der Waals surface area contributed by atoms with Crippen LogP contribution in [0.25, 0.3) is 0 Å². The van der Waals surface area contributed by atoms with Crippen LogP contribution in [-0.2, 0) is 4.79 Å². The molecule has 6 nitrogen and oxygen atoms in total. The molecule has 3 N–H and O–H groups in total. The molecule has 1 aromatic carbocycles. The smallest absolute Gasteiger partial charge is 0.319 e. The van der Waals surface area contributed by atoms with Crippen molar-refractivity contribution in [2.45, 2.75) is 52.9 Å². The molecule has 0 aliphatic rings. The molecule has 0 aliphatic carbocycles. The first-order chi connectivity index (χ1) is 11.9. The van der Waals surface area contributed by atoms with Crippen molar-refractivity contribution >= 4 is 23.3 Å². The van der Waals surface area contributed by atoms with Crippen LogP contribution in [0, 0.1) is 5.92 Å². The molecule has 140 valence electrons. The second kappa shape index (κ2) is 11.3. The predicted octanol–water partition coefficient (Wildman–Crippen LogP) is 4.38. The van der Waals surface area contributed by atoms with Crippen molar-refractivity contribution in [2.24, 2.45) is 5.92 Å². The highest BCUT2D eigenvalue weighted by molar-refractivity contribution is 5.93. The zero-order chi connectivity index (χ0) is 18.7. The summed E-state index contributed by atoms with van der Waals surface area (Å²) in [5, 5.41) is 8.30. The molecule has 0 heterocycles. The summed E-state index contributed by atoms with van der Waals surface area (Å²) in [5.41, 5.74) is 1.18. The zero-order valence-electron chi connectivity index (χ0n) is 15.8. The summed E-state index contributed by atoms with van der Waals surface area (Å²) in [6, 6.07) is 4.86. The molecule has 0 bridgehead atoms. The molecule has 0 aromatic heterocycles. The molecule has 0 spiro atoms. The van der Waals surface area contributed by atoms with E-state index in [0.29, 0.717) is 23.7 Å². The fraction of sp³-hybridized carbons (Fsp3) is 0.579. The van der Waals surface area contributed by atoms with Crippen LogP contribution in [0.5, 0.6) is 5.75 Å². The maximum absolute atomic E-state index is 11.9. The van der Waals surface area contributed by atoms with Crippen LogP contribution in [0.4, 0.5) is 16.2 Å². The molecule has 0 saturated heterocycles. The Balaban J connectivity index is 2.33. The fourth-order valence-electron chi connectivity index (χ4n) is 2.47. The Morgan fingerprint density at radius 2 is 1.80 bits per heavy atom. The standard InChI is InChI=1S/C19H31N3O3/c1-14(2)9-7-5-6-8-12-20-19(24)22-16-10-11-17(21-15(3)23)18(13-16)25-4/h10-11,13-14H,5-9,12H2,1-4H3,(H,21,23)(H2,20,22,24). The lowest BCUT2D eigenvalue weighted by Gasteiger charge is -2.12. The van der Waals surface area contributed by atoms with E-state index in [1.165, 1.54) is 33.3 Å². The van der Waals surface area contributed by atoms with Gasteiger partial charge in [-0.25, -0.2) is 4.79 Å². The van der Waals surface area contributed by atoms with Crippen molar-refractivity contribution in [1.82, 2.24) is 5.32 Å². The lowest BCUT2D eigenvalue weighted by Crippen LogP contribution is -2.29. The van der Waals surface area contributed by atoms with E-state index in [1.54, 1.807) is 18.2 Å². The lowest BCUT2D eigenvalue weighted by molar-refractivity contribution is -0.114. The second-order valence-electron chi connectivity index (χ2n) is 6.57. The first-order valence-electron chi connectivity index (χ1n) is 8.93. The Morgan fingerprint density at radius 3 is 2.44 bits per heavy atom. The van der Waals surface area contributed by atoms with E-state index in [9.17, 15) is 9.59 Å². The van der Waals surface area contributed by atoms with Gasteiger partial charge in [0, 0.05) is 25.2 Å². The minimum absolute atomic E-state index is 0.176. The van der Waals surface area contributed by atoms with Gasteiger partial charge in [-0.05, 0) is 24.5 Å². The summed E-state index contributed by atoms with van der Waals surface area (Å²) in [4.78, 5) is 23.1. The van der Waals surface area contributed by atoms with E-state index >= 15 is 0 Å². The first kappa shape index (κ1) is 20.8. The van der Waals surface area contributed by atoms with Crippen molar-refractivity contribution in [1.29, 1.82) is 0 Å². The van der Waals surface area contributed by atoms with Gasteiger partial charge in [0.15, 0.2) is 0 Å². The number of nitrogens with one attached hydrogen (secondary N) is 3. The van der Waals surface area contributed by atoms with Crippen LogP contribution in [-0.4, -0.2) is 25.6 Å². The summed E-state index contributed by atoms with van der Waals surface area (Å²) in [7, 11) is 1.52. The average molecular weight is 349 g/mol. The van der Waals surface area contributed by atoms with E-state index in [2.05, 4.69) is 29.8 Å². The summed E-state index contributed by atoms with van der Waals surface area (Å²) in [5.74, 6) is 1.08. The Bertz CT molecular complexity index is 559.